The lowest BCUT2D eigenvalue weighted by molar-refractivity contribution is 0.112. The minimum atomic E-state index is -1.39. The number of para-hydroxylation sites is 1. The largest absolute Gasteiger partial charge is 0.457 e. The second kappa shape index (κ2) is 8.33. The van der Waals surface area contributed by atoms with Gasteiger partial charge < -0.3 is 14.4 Å². The molecule has 1 heterocycles. The van der Waals surface area contributed by atoms with Crippen molar-refractivity contribution < 1.29 is 9.84 Å². The van der Waals surface area contributed by atoms with E-state index in [1.807, 2.05) is 109 Å². The highest BCUT2D eigenvalue weighted by Gasteiger charge is 2.38. The first-order valence-corrected chi connectivity index (χ1v) is 10.8. The van der Waals surface area contributed by atoms with Crippen LogP contribution in [0.1, 0.15) is 23.9 Å². The number of ether oxygens (including phenoxy) is 1. The van der Waals surface area contributed by atoms with Crippen LogP contribution in [0.25, 0.3) is 11.0 Å². The molecule has 0 aliphatic carbocycles. The van der Waals surface area contributed by atoms with Crippen LogP contribution in [0.2, 0.25) is 0 Å². The predicted molar refractivity (Wildman–Crippen MR) is 127 cm³/mol. The van der Waals surface area contributed by atoms with Crippen molar-refractivity contribution in [2.75, 3.05) is 0 Å². The van der Waals surface area contributed by atoms with Crippen molar-refractivity contribution in [2.45, 2.75) is 19.1 Å². The fourth-order valence-electron chi connectivity index (χ4n) is 4.17. The Morgan fingerprint density at radius 1 is 0.750 bits per heavy atom. The molecule has 0 spiro atoms. The van der Waals surface area contributed by atoms with Crippen LogP contribution in [0.5, 0.6) is 11.5 Å². The molecule has 0 radical (unpaired) electrons. The van der Waals surface area contributed by atoms with Crippen LogP contribution in [-0.2, 0) is 12.1 Å². The molecule has 4 nitrogen and oxygen atoms in total. The minimum Gasteiger partial charge on any atom is -0.457 e. The Balaban J connectivity index is 1.69. The van der Waals surface area contributed by atoms with Crippen LogP contribution in [0.4, 0.5) is 0 Å². The van der Waals surface area contributed by atoms with Gasteiger partial charge in [0.25, 0.3) is 0 Å². The summed E-state index contributed by atoms with van der Waals surface area (Å²) in [6, 6.07) is 35.0. The van der Waals surface area contributed by atoms with E-state index < -0.39 is 5.60 Å². The van der Waals surface area contributed by atoms with Gasteiger partial charge in [0.15, 0.2) is 11.4 Å². The Bertz CT molecular complexity index is 1290. The fraction of sp³-hybridized carbons (Fsp3) is 0.107. The van der Waals surface area contributed by atoms with E-state index in [2.05, 4.69) is 11.5 Å². The molecule has 32 heavy (non-hydrogen) atoms. The Kier molecular flexibility index (Phi) is 5.21. The predicted octanol–water partition coefficient (Wildman–Crippen LogP) is 6.13. The van der Waals surface area contributed by atoms with Crippen LogP contribution in [0.15, 0.2) is 109 Å². The van der Waals surface area contributed by atoms with Gasteiger partial charge in [-0.1, -0.05) is 78.9 Å². The molecular weight excluding hydrogens is 396 g/mol. The summed E-state index contributed by atoms with van der Waals surface area (Å²) in [5.41, 5.74) is 1.89. The standard InChI is InChI=1S/C28H24N2O2/c1-2-30-26-20-24(32-23-16-10-5-11-17-23)18-19-25(26)29-27(30)28(31,21-12-6-3-7-13-21)22-14-8-4-9-15-22/h3-20,31H,2H2,1H3. The van der Waals surface area contributed by atoms with E-state index in [1.165, 1.54) is 0 Å². The molecule has 158 valence electrons. The second-order valence-electron chi connectivity index (χ2n) is 7.69. The van der Waals surface area contributed by atoms with Crippen molar-refractivity contribution in [3.8, 4) is 11.5 Å². The van der Waals surface area contributed by atoms with Crippen molar-refractivity contribution in [3.05, 3.63) is 126 Å². The maximum absolute atomic E-state index is 12.2. The number of fused-ring (bicyclic) bond motifs is 1. The molecule has 0 atom stereocenters. The summed E-state index contributed by atoms with van der Waals surface area (Å²) in [7, 11) is 0. The Labute approximate surface area is 187 Å². The number of nitrogens with zero attached hydrogens (tertiary/aromatic N) is 2. The molecule has 0 amide bonds. The van der Waals surface area contributed by atoms with Crippen LogP contribution < -0.4 is 4.74 Å². The number of hydrogen-bond donors (Lipinski definition) is 1. The summed E-state index contributed by atoms with van der Waals surface area (Å²) < 4.78 is 8.11. The first-order chi connectivity index (χ1) is 15.7. The van der Waals surface area contributed by atoms with Gasteiger partial charge in [-0.25, -0.2) is 4.98 Å². The first kappa shape index (κ1) is 20.0. The van der Waals surface area contributed by atoms with Gasteiger partial charge in [-0.3, -0.25) is 0 Å². The second-order valence-corrected chi connectivity index (χ2v) is 7.69. The van der Waals surface area contributed by atoms with Crippen molar-refractivity contribution in [1.82, 2.24) is 9.55 Å². The average Bonchev–Trinajstić information content (AvgIpc) is 3.23. The Hall–Kier alpha value is -3.89. The molecule has 4 aromatic carbocycles. The number of aliphatic hydroxyl groups is 1. The topological polar surface area (TPSA) is 47.3 Å². The van der Waals surface area contributed by atoms with Crippen LogP contribution in [0.3, 0.4) is 0 Å². The van der Waals surface area contributed by atoms with E-state index >= 15 is 0 Å². The molecule has 0 saturated carbocycles. The lowest BCUT2D eigenvalue weighted by Crippen LogP contribution is -2.32. The molecule has 0 fully saturated rings. The highest BCUT2D eigenvalue weighted by molar-refractivity contribution is 5.78. The molecule has 1 N–H and O–H groups in total. The first-order valence-electron chi connectivity index (χ1n) is 10.8. The molecule has 0 saturated heterocycles. The Morgan fingerprint density at radius 3 is 1.88 bits per heavy atom. The Morgan fingerprint density at radius 2 is 1.31 bits per heavy atom. The smallest absolute Gasteiger partial charge is 0.173 e. The molecule has 5 aromatic rings. The van der Waals surface area contributed by atoms with Gasteiger partial charge in [-0.05, 0) is 42.3 Å². The number of aryl methyl sites for hydroxylation is 1. The molecule has 5 rings (SSSR count). The van der Waals surface area contributed by atoms with Crippen LogP contribution in [-0.4, -0.2) is 14.7 Å². The maximum Gasteiger partial charge on any atom is 0.173 e. The molecule has 0 aliphatic heterocycles. The highest BCUT2D eigenvalue weighted by atomic mass is 16.5. The van der Waals surface area contributed by atoms with Crippen LogP contribution >= 0.6 is 0 Å². The summed E-state index contributed by atoms with van der Waals surface area (Å²) in [5, 5.41) is 12.2. The SMILES string of the molecule is CCn1c(C(O)(c2ccccc2)c2ccccc2)nc2ccc(Oc3ccccc3)cc21. The van der Waals surface area contributed by atoms with Gasteiger partial charge >= 0.3 is 0 Å². The number of hydrogen-bond acceptors (Lipinski definition) is 3. The lowest BCUT2D eigenvalue weighted by atomic mass is 9.85. The minimum absolute atomic E-state index is 0.587. The number of rotatable bonds is 6. The monoisotopic (exact) mass is 420 g/mol. The zero-order chi connectivity index (χ0) is 22.0. The van der Waals surface area contributed by atoms with Gasteiger partial charge in [0.1, 0.15) is 11.5 Å². The summed E-state index contributed by atoms with van der Waals surface area (Å²) in [5.74, 6) is 2.09. The molecule has 4 heteroatoms. The quantitative estimate of drug-likeness (QED) is 0.359. The average molecular weight is 421 g/mol. The van der Waals surface area contributed by atoms with E-state index in [1.54, 1.807) is 0 Å². The van der Waals surface area contributed by atoms with Crippen molar-refractivity contribution in [3.63, 3.8) is 0 Å². The van der Waals surface area contributed by atoms with Gasteiger partial charge in [-0.2, -0.15) is 0 Å². The van der Waals surface area contributed by atoms with Gasteiger partial charge in [0.05, 0.1) is 11.0 Å². The van der Waals surface area contributed by atoms with Crippen molar-refractivity contribution in [1.29, 1.82) is 0 Å². The van der Waals surface area contributed by atoms with E-state index in [0.29, 0.717) is 12.4 Å². The van der Waals surface area contributed by atoms with E-state index in [0.717, 1.165) is 33.7 Å². The molecule has 0 unspecified atom stereocenters. The van der Waals surface area contributed by atoms with Crippen LogP contribution in [0, 0.1) is 0 Å². The summed E-state index contributed by atoms with van der Waals surface area (Å²) in [6.45, 7) is 2.72. The fourth-order valence-corrected chi connectivity index (χ4v) is 4.17. The van der Waals surface area contributed by atoms with Gasteiger partial charge in [0.2, 0.25) is 0 Å². The zero-order valence-corrected chi connectivity index (χ0v) is 17.8. The number of benzene rings is 4. The number of aromatic nitrogens is 2. The third-order valence-corrected chi connectivity index (χ3v) is 5.72. The van der Waals surface area contributed by atoms with Crippen molar-refractivity contribution in [2.24, 2.45) is 0 Å². The van der Waals surface area contributed by atoms with E-state index in [4.69, 9.17) is 9.72 Å². The molecule has 0 bridgehead atoms. The molecule has 0 aliphatic rings. The van der Waals surface area contributed by atoms with Crippen molar-refractivity contribution >= 4 is 11.0 Å². The lowest BCUT2D eigenvalue weighted by Gasteiger charge is -2.29. The maximum atomic E-state index is 12.2. The highest BCUT2D eigenvalue weighted by Crippen LogP contribution is 2.38. The molecule has 1 aromatic heterocycles. The zero-order valence-electron chi connectivity index (χ0n) is 17.8. The van der Waals surface area contributed by atoms with E-state index in [-0.39, 0.29) is 0 Å². The molecular formula is C28H24N2O2. The summed E-state index contributed by atoms with van der Waals surface area (Å²) in [6.07, 6.45) is 0. The summed E-state index contributed by atoms with van der Waals surface area (Å²) >= 11 is 0. The number of imidazole rings is 1. The summed E-state index contributed by atoms with van der Waals surface area (Å²) in [4.78, 5) is 4.91. The third kappa shape index (κ3) is 3.45. The van der Waals surface area contributed by atoms with E-state index in [9.17, 15) is 5.11 Å². The van der Waals surface area contributed by atoms with Gasteiger partial charge in [-0.15, -0.1) is 0 Å². The van der Waals surface area contributed by atoms with Gasteiger partial charge in [0, 0.05) is 12.6 Å². The normalized spacial score (nSPS) is 11.6. The third-order valence-electron chi connectivity index (χ3n) is 5.72.